The molecule has 0 radical (unpaired) electrons. The monoisotopic (exact) mass is 310 g/mol. The highest BCUT2D eigenvalue weighted by molar-refractivity contribution is 7.11. The zero-order valence-corrected chi connectivity index (χ0v) is 13.4. The standard InChI is InChI=1S/C14H22N4O2S/c1-4-10-7-16-11(21-10)9(3)17-13(19)14(12(15)18-20)5-8(2)6-14/h7-9,20H,4-6H2,1-3H3,(H2,15,18)(H,17,19). The van der Waals surface area contributed by atoms with Gasteiger partial charge in [0.25, 0.3) is 0 Å². The maximum Gasteiger partial charge on any atom is 0.234 e. The van der Waals surface area contributed by atoms with Gasteiger partial charge in [-0.3, -0.25) is 4.79 Å². The molecule has 1 unspecified atom stereocenters. The highest BCUT2D eigenvalue weighted by Gasteiger charge is 2.52. The van der Waals surface area contributed by atoms with Crippen molar-refractivity contribution >= 4 is 23.1 Å². The average Bonchev–Trinajstić information content (AvgIpc) is 2.91. The number of amides is 1. The predicted molar refractivity (Wildman–Crippen MR) is 82.3 cm³/mol. The summed E-state index contributed by atoms with van der Waals surface area (Å²) in [5, 5.41) is 15.8. The maximum absolute atomic E-state index is 12.5. The molecule has 1 aliphatic carbocycles. The maximum atomic E-state index is 12.5. The number of carbonyl (C=O) groups is 1. The summed E-state index contributed by atoms with van der Waals surface area (Å²) in [6.07, 6.45) is 4.00. The number of nitrogens with zero attached hydrogens (tertiary/aromatic N) is 2. The number of nitrogens with two attached hydrogens (primary N) is 1. The first-order valence-electron chi connectivity index (χ1n) is 7.16. The largest absolute Gasteiger partial charge is 0.409 e. The lowest BCUT2D eigenvalue weighted by Crippen LogP contribution is -2.57. The second kappa shape index (κ2) is 6.01. The smallest absolute Gasteiger partial charge is 0.234 e. The third-order valence-corrected chi connectivity index (χ3v) is 5.39. The lowest BCUT2D eigenvalue weighted by atomic mass is 9.61. The van der Waals surface area contributed by atoms with Crippen molar-refractivity contribution in [1.82, 2.24) is 10.3 Å². The molecule has 21 heavy (non-hydrogen) atoms. The third-order valence-electron chi connectivity index (χ3n) is 4.06. The molecule has 1 aliphatic rings. The number of aromatic nitrogens is 1. The molecule has 1 amide bonds. The van der Waals surface area contributed by atoms with Crippen molar-refractivity contribution in [3.8, 4) is 0 Å². The van der Waals surface area contributed by atoms with E-state index in [4.69, 9.17) is 10.9 Å². The molecular weight excluding hydrogens is 288 g/mol. The summed E-state index contributed by atoms with van der Waals surface area (Å²) < 4.78 is 0. The SMILES string of the molecule is CCc1cnc(C(C)NC(=O)C2(C(N)=NO)CC(C)C2)s1. The highest BCUT2D eigenvalue weighted by Crippen LogP contribution is 2.46. The highest BCUT2D eigenvalue weighted by atomic mass is 32.1. The molecule has 0 bridgehead atoms. The van der Waals surface area contributed by atoms with Crippen molar-refractivity contribution in [3.63, 3.8) is 0 Å². The minimum atomic E-state index is -0.868. The summed E-state index contributed by atoms with van der Waals surface area (Å²) in [6, 6.07) is -0.179. The Balaban J connectivity index is 2.09. The molecule has 1 fully saturated rings. The summed E-state index contributed by atoms with van der Waals surface area (Å²) in [4.78, 5) is 18.1. The Labute approximate surface area is 128 Å². The molecular formula is C14H22N4O2S. The molecule has 116 valence electrons. The Morgan fingerprint density at radius 2 is 2.38 bits per heavy atom. The molecule has 0 aliphatic heterocycles. The van der Waals surface area contributed by atoms with Crippen LogP contribution >= 0.6 is 11.3 Å². The summed E-state index contributed by atoms with van der Waals surface area (Å²) in [5.74, 6) is 0.216. The summed E-state index contributed by atoms with van der Waals surface area (Å²) in [7, 11) is 0. The molecule has 0 spiro atoms. The van der Waals surface area contributed by atoms with Crippen molar-refractivity contribution in [2.75, 3.05) is 0 Å². The predicted octanol–water partition coefficient (Wildman–Crippen LogP) is 2.05. The van der Waals surface area contributed by atoms with Crippen LogP contribution in [-0.2, 0) is 11.2 Å². The van der Waals surface area contributed by atoms with E-state index in [1.165, 1.54) is 4.88 Å². The first-order chi connectivity index (χ1) is 9.92. The van der Waals surface area contributed by atoms with Gasteiger partial charge >= 0.3 is 0 Å². The number of nitrogens with one attached hydrogen (secondary N) is 1. The van der Waals surface area contributed by atoms with Gasteiger partial charge in [-0.25, -0.2) is 4.98 Å². The normalized spacial score (nSPS) is 27.0. The van der Waals surface area contributed by atoms with Gasteiger partial charge in [0.1, 0.15) is 10.4 Å². The Hall–Kier alpha value is -1.63. The van der Waals surface area contributed by atoms with E-state index in [0.29, 0.717) is 18.8 Å². The van der Waals surface area contributed by atoms with Gasteiger partial charge in [-0.15, -0.1) is 11.3 Å². The number of amidine groups is 1. The van der Waals surface area contributed by atoms with Gasteiger partial charge in [-0.05, 0) is 32.1 Å². The van der Waals surface area contributed by atoms with E-state index in [1.54, 1.807) is 11.3 Å². The Morgan fingerprint density at radius 3 is 2.86 bits per heavy atom. The van der Waals surface area contributed by atoms with E-state index in [-0.39, 0.29) is 17.8 Å². The van der Waals surface area contributed by atoms with E-state index in [1.807, 2.05) is 20.0 Å². The fourth-order valence-corrected chi connectivity index (χ4v) is 3.68. The molecule has 7 heteroatoms. The molecule has 4 N–H and O–H groups in total. The van der Waals surface area contributed by atoms with E-state index < -0.39 is 5.41 Å². The minimum Gasteiger partial charge on any atom is -0.409 e. The molecule has 6 nitrogen and oxygen atoms in total. The van der Waals surface area contributed by atoms with Crippen LogP contribution < -0.4 is 11.1 Å². The van der Waals surface area contributed by atoms with Gasteiger partial charge in [0, 0.05) is 11.1 Å². The van der Waals surface area contributed by atoms with E-state index >= 15 is 0 Å². The molecule has 1 aromatic rings. The summed E-state index contributed by atoms with van der Waals surface area (Å²) >= 11 is 1.60. The van der Waals surface area contributed by atoms with Crippen LogP contribution in [0.2, 0.25) is 0 Å². The van der Waals surface area contributed by atoms with Gasteiger partial charge in [0.05, 0.1) is 6.04 Å². The Kier molecular flexibility index (Phi) is 4.51. The van der Waals surface area contributed by atoms with Crippen molar-refractivity contribution in [1.29, 1.82) is 0 Å². The van der Waals surface area contributed by atoms with Crippen LogP contribution in [0.3, 0.4) is 0 Å². The molecule has 0 aromatic carbocycles. The van der Waals surface area contributed by atoms with Crippen LogP contribution in [0.25, 0.3) is 0 Å². The molecule has 1 atom stereocenters. The summed E-state index contributed by atoms with van der Waals surface area (Å²) in [6.45, 7) is 6.02. The number of aryl methyl sites for hydroxylation is 1. The van der Waals surface area contributed by atoms with Crippen molar-refractivity contribution in [3.05, 3.63) is 16.1 Å². The van der Waals surface area contributed by atoms with Gasteiger partial charge in [0.2, 0.25) is 5.91 Å². The van der Waals surface area contributed by atoms with Crippen molar-refractivity contribution in [2.24, 2.45) is 22.2 Å². The van der Waals surface area contributed by atoms with Crippen LogP contribution in [0, 0.1) is 11.3 Å². The van der Waals surface area contributed by atoms with E-state index in [2.05, 4.69) is 22.4 Å². The van der Waals surface area contributed by atoms with Crippen LogP contribution in [0.1, 0.15) is 49.5 Å². The minimum absolute atomic E-state index is 0.00122. The number of hydrogen-bond acceptors (Lipinski definition) is 5. The number of thiazole rings is 1. The first-order valence-corrected chi connectivity index (χ1v) is 7.98. The zero-order valence-electron chi connectivity index (χ0n) is 12.6. The Morgan fingerprint density at radius 1 is 1.71 bits per heavy atom. The Bertz CT molecular complexity index is 549. The quantitative estimate of drug-likeness (QED) is 0.335. The zero-order chi connectivity index (χ0) is 15.6. The lowest BCUT2D eigenvalue weighted by molar-refractivity contribution is -0.133. The van der Waals surface area contributed by atoms with Gasteiger partial charge < -0.3 is 16.3 Å². The van der Waals surface area contributed by atoms with Gasteiger partial charge in [0.15, 0.2) is 5.84 Å². The fourth-order valence-electron chi connectivity index (χ4n) is 2.82. The summed E-state index contributed by atoms with van der Waals surface area (Å²) in [5.41, 5.74) is 4.87. The average molecular weight is 310 g/mol. The van der Waals surface area contributed by atoms with Gasteiger partial charge in [-0.1, -0.05) is 19.0 Å². The molecule has 1 aromatic heterocycles. The molecule has 2 rings (SSSR count). The van der Waals surface area contributed by atoms with Crippen LogP contribution in [0.4, 0.5) is 0 Å². The molecule has 0 saturated heterocycles. The van der Waals surface area contributed by atoms with Crippen LogP contribution in [0.15, 0.2) is 11.4 Å². The second-order valence-electron chi connectivity index (χ2n) is 5.79. The van der Waals surface area contributed by atoms with E-state index in [9.17, 15) is 4.79 Å². The molecule has 1 saturated carbocycles. The first kappa shape index (κ1) is 15.8. The van der Waals surface area contributed by atoms with Gasteiger partial charge in [-0.2, -0.15) is 0 Å². The number of carbonyl (C=O) groups excluding carboxylic acids is 1. The number of rotatable bonds is 5. The number of hydrogen-bond donors (Lipinski definition) is 3. The third kappa shape index (κ3) is 2.88. The van der Waals surface area contributed by atoms with E-state index in [0.717, 1.165) is 11.4 Å². The second-order valence-corrected chi connectivity index (χ2v) is 6.94. The van der Waals surface area contributed by atoms with Crippen molar-refractivity contribution in [2.45, 2.75) is 46.1 Å². The number of oxime groups is 1. The topological polar surface area (TPSA) is 101 Å². The fraction of sp³-hybridized carbons (Fsp3) is 0.643. The molecule has 1 heterocycles. The van der Waals surface area contributed by atoms with Crippen LogP contribution in [-0.4, -0.2) is 21.9 Å². The van der Waals surface area contributed by atoms with Crippen LogP contribution in [0.5, 0.6) is 0 Å². The lowest BCUT2D eigenvalue weighted by Gasteiger charge is -2.44. The van der Waals surface area contributed by atoms with Crippen molar-refractivity contribution < 1.29 is 10.0 Å².